The van der Waals surface area contributed by atoms with Crippen LogP contribution in [0.1, 0.15) is 6.92 Å². The summed E-state index contributed by atoms with van der Waals surface area (Å²) in [5, 5.41) is 8.19. The predicted molar refractivity (Wildman–Crippen MR) is 48.6 cm³/mol. The number of hydrogen-bond donors (Lipinski definition) is 1. The van der Waals surface area contributed by atoms with Gasteiger partial charge < -0.3 is 14.6 Å². The number of ether oxygens (including phenoxy) is 2. The van der Waals surface area contributed by atoms with Crippen molar-refractivity contribution in [1.29, 1.82) is 0 Å². The molecular formula is C9H10O6. The normalized spacial score (nSPS) is 11.8. The van der Waals surface area contributed by atoms with Gasteiger partial charge in [0.15, 0.2) is 0 Å². The molecule has 15 heavy (non-hydrogen) atoms. The summed E-state index contributed by atoms with van der Waals surface area (Å²) >= 11 is 0. The van der Waals surface area contributed by atoms with Crippen molar-refractivity contribution in [2.75, 3.05) is 0 Å². The summed E-state index contributed by atoms with van der Waals surface area (Å²) < 4.78 is 8.99. The molecule has 1 N–H and O–H groups in total. The minimum absolute atomic E-state index is 0.615. The number of hydrogen-bond acceptors (Lipinski definition) is 5. The molecule has 0 aliphatic carbocycles. The molecule has 0 saturated carbocycles. The lowest BCUT2D eigenvalue weighted by atomic mass is 10.5. The Balaban J connectivity index is 4.01. The van der Waals surface area contributed by atoms with Crippen LogP contribution >= 0.6 is 0 Å². The summed E-state index contributed by atoms with van der Waals surface area (Å²) in [4.78, 5) is 31.5. The van der Waals surface area contributed by atoms with Crippen molar-refractivity contribution in [3.63, 3.8) is 0 Å². The molecule has 0 fully saturated rings. The minimum Gasteiger partial charge on any atom is -0.478 e. The summed E-state index contributed by atoms with van der Waals surface area (Å²) in [5.74, 6) is -2.93. The van der Waals surface area contributed by atoms with Crippen LogP contribution in [-0.2, 0) is 23.9 Å². The smallest absolute Gasteiger partial charge is 0.334 e. The van der Waals surface area contributed by atoms with Crippen LogP contribution in [0, 0.1) is 0 Å². The van der Waals surface area contributed by atoms with E-state index in [0.717, 1.165) is 6.08 Å². The van der Waals surface area contributed by atoms with E-state index in [-0.39, 0.29) is 0 Å². The van der Waals surface area contributed by atoms with E-state index in [1.807, 2.05) is 0 Å². The molecule has 0 spiro atoms. The van der Waals surface area contributed by atoms with Gasteiger partial charge in [0.2, 0.25) is 6.29 Å². The van der Waals surface area contributed by atoms with Gasteiger partial charge in [-0.05, 0) is 0 Å². The van der Waals surface area contributed by atoms with Crippen molar-refractivity contribution >= 4 is 17.9 Å². The van der Waals surface area contributed by atoms with Crippen LogP contribution in [0.4, 0.5) is 0 Å². The molecule has 0 aromatic rings. The highest BCUT2D eigenvalue weighted by Crippen LogP contribution is 1.96. The average molecular weight is 214 g/mol. The molecule has 1 atom stereocenters. The van der Waals surface area contributed by atoms with Crippen molar-refractivity contribution in [3.05, 3.63) is 24.8 Å². The number of aliphatic carboxylic acids is 1. The maximum absolute atomic E-state index is 10.8. The maximum atomic E-state index is 10.8. The van der Waals surface area contributed by atoms with Gasteiger partial charge >= 0.3 is 17.9 Å². The van der Waals surface area contributed by atoms with E-state index in [1.54, 1.807) is 0 Å². The molecule has 0 aromatic carbocycles. The van der Waals surface area contributed by atoms with Crippen LogP contribution < -0.4 is 0 Å². The van der Waals surface area contributed by atoms with E-state index in [2.05, 4.69) is 16.1 Å². The second kappa shape index (κ2) is 6.36. The molecule has 0 saturated heterocycles. The zero-order chi connectivity index (χ0) is 11.8. The Kier molecular flexibility index (Phi) is 5.47. The van der Waals surface area contributed by atoms with Crippen molar-refractivity contribution in [1.82, 2.24) is 0 Å². The quantitative estimate of drug-likeness (QED) is 0.400. The zero-order valence-electron chi connectivity index (χ0n) is 8.00. The predicted octanol–water partition coefficient (Wildman–Crippen LogP) is 0.246. The van der Waals surface area contributed by atoms with Crippen LogP contribution in [0.5, 0.6) is 0 Å². The molecule has 0 aliphatic heterocycles. The monoisotopic (exact) mass is 214 g/mol. The minimum atomic E-state index is -1.28. The highest BCUT2D eigenvalue weighted by molar-refractivity contribution is 5.90. The third-order valence-corrected chi connectivity index (χ3v) is 1.09. The third kappa shape index (κ3) is 7.00. The van der Waals surface area contributed by atoms with Gasteiger partial charge in [0.1, 0.15) is 0 Å². The standard InChI is InChI=1S/C9H10O6/c1-3-8(12)14-6(2)15-9(13)5-4-7(10)11/h3-6H,1H2,2H3,(H,10,11)/b5-4-. The third-order valence-electron chi connectivity index (χ3n) is 1.09. The fourth-order valence-electron chi connectivity index (χ4n) is 0.578. The molecule has 0 aliphatic rings. The van der Waals surface area contributed by atoms with Crippen LogP contribution in [0.15, 0.2) is 24.8 Å². The Morgan fingerprint density at radius 1 is 1.20 bits per heavy atom. The highest BCUT2D eigenvalue weighted by Gasteiger charge is 2.09. The Hall–Kier alpha value is -2.11. The van der Waals surface area contributed by atoms with Crippen LogP contribution in [0.25, 0.3) is 0 Å². The summed E-state index contributed by atoms with van der Waals surface area (Å²) in [6, 6.07) is 0. The van der Waals surface area contributed by atoms with Gasteiger partial charge in [-0.3, -0.25) is 0 Å². The Bertz CT molecular complexity index is 304. The molecule has 0 radical (unpaired) electrons. The van der Waals surface area contributed by atoms with Gasteiger partial charge in [0.05, 0.1) is 0 Å². The molecule has 0 amide bonds. The summed E-state index contributed by atoms with van der Waals surface area (Å²) in [6.45, 7) is 4.46. The number of carboxylic acids is 1. The average Bonchev–Trinajstić information content (AvgIpc) is 2.14. The molecule has 6 nitrogen and oxygen atoms in total. The molecule has 0 rings (SSSR count). The van der Waals surface area contributed by atoms with E-state index in [1.165, 1.54) is 6.92 Å². The number of esters is 2. The largest absolute Gasteiger partial charge is 0.478 e. The number of carbonyl (C=O) groups excluding carboxylic acids is 2. The Morgan fingerprint density at radius 2 is 1.73 bits per heavy atom. The van der Waals surface area contributed by atoms with Crippen molar-refractivity contribution in [3.8, 4) is 0 Å². The lowest BCUT2D eigenvalue weighted by Gasteiger charge is -2.10. The van der Waals surface area contributed by atoms with Crippen LogP contribution in [0.2, 0.25) is 0 Å². The SMILES string of the molecule is C=CC(=O)OC(C)OC(=O)/C=C\C(=O)O. The van der Waals surface area contributed by atoms with Crippen LogP contribution in [0.3, 0.4) is 0 Å². The first-order valence-electron chi connectivity index (χ1n) is 3.90. The second-order valence-corrected chi connectivity index (χ2v) is 2.32. The van der Waals surface area contributed by atoms with Crippen LogP contribution in [-0.4, -0.2) is 29.3 Å². The first-order valence-corrected chi connectivity index (χ1v) is 3.90. The molecule has 0 bridgehead atoms. The van der Waals surface area contributed by atoms with Gasteiger partial charge in [-0.15, -0.1) is 0 Å². The Labute approximate surface area is 85.8 Å². The number of rotatable bonds is 5. The zero-order valence-corrected chi connectivity index (χ0v) is 8.00. The molecule has 0 aromatic heterocycles. The molecular weight excluding hydrogens is 204 g/mol. The molecule has 0 heterocycles. The maximum Gasteiger partial charge on any atom is 0.334 e. The summed E-state index contributed by atoms with van der Waals surface area (Å²) in [5.41, 5.74) is 0. The van der Waals surface area contributed by atoms with E-state index in [0.29, 0.717) is 12.2 Å². The summed E-state index contributed by atoms with van der Waals surface area (Å²) in [7, 11) is 0. The van der Waals surface area contributed by atoms with E-state index < -0.39 is 24.2 Å². The molecule has 1 unspecified atom stereocenters. The highest BCUT2D eigenvalue weighted by atomic mass is 16.7. The Morgan fingerprint density at radius 3 is 2.20 bits per heavy atom. The lowest BCUT2D eigenvalue weighted by molar-refractivity contribution is -0.177. The van der Waals surface area contributed by atoms with Gasteiger partial charge in [0, 0.05) is 25.2 Å². The van der Waals surface area contributed by atoms with E-state index in [4.69, 9.17) is 5.11 Å². The van der Waals surface area contributed by atoms with E-state index in [9.17, 15) is 14.4 Å². The molecule has 6 heteroatoms. The van der Waals surface area contributed by atoms with Crippen molar-refractivity contribution < 1.29 is 29.0 Å². The van der Waals surface area contributed by atoms with Crippen molar-refractivity contribution in [2.45, 2.75) is 13.2 Å². The topological polar surface area (TPSA) is 89.9 Å². The van der Waals surface area contributed by atoms with Gasteiger partial charge in [-0.1, -0.05) is 6.58 Å². The van der Waals surface area contributed by atoms with E-state index >= 15 is 0 Å². The first kappa shape index (κ1) is 12.9. The second-order valence-electron chi connectivity index (χ2n) is 2.32. The van der Waals surface area contributed by atoms with Gasteiger partial charge in [-0.2, -0.15) is 0 Å². The fourth-order valence-corrected chi connectivity index (χ4v) is 0.578. The van der Waals surface area contributed by atoms with Gasteiger partial charge in [-0.25, -0.2) is 14.4 Å². The lowest BCUT2D eigenvalue weighted by Crippen LogP contribution is -2.19. The molecule has 82 valence electrons. The van der Waals surface area contributed by atoms with Gasteiger partial charge in [0.25, 0.3) is 0 Å². The number of carboxylic acid groups (broad SMARTS) is 1. The fraction of sp³-hybridized carbons (Fsp3) is 0.222. The summed E-state index contributed by atoms with van der Waals surface area (Å²) in [6.07, 6.45) is 1.14. The first-order chi connectivity index (χ1) is 6.95. The van der Waals surface area contributed by atoms with Crippen molar-refractivity contribution in [2.24, 2.45) is 0 Å². The number of carbonyl (C=O) groups is 3.